The van der Waals surface area contributed by atoms with Crippen LogP contribution in [0.25, 0.3) is 6.08 Å². The Morgan fingerprint density at radius 1 is 1.22 bits per heavy atom. The standard InChI is InChI=1S/C18H16O5/c1-11-22-17-15(21-2)10-14(20)16(18(17)23-11)13(19)9-8-12-6-4-3-5-7-12/h3-11,20H,1-2H3/b9-8+/t11-/m1/s1. The molecule has 5 heteroatoms. The normalized spacial score (nSPS) is 15.8. The van der Waals surface area contributed by atoms with Gasteiger partial charge in [-0.2, -0.15) is 0 Å². The lowest BCUT2D eigenvalue weighted by atomic mass is 10.1. The number of carbonyl (C=O) groups is 1. The Morgan fingerprint density at radius 3 is 2.61 bits per heavy atom. The number of hydrogen-bond acceptors (Lipinski definition) is 5. The number of phenols is 1. The molecular weight excluding hydrogens is 296 g/mol. The highest BCUT2D eigenvalue weighted by Gasteiger charge is 2.32. The highest BCUT2D eigenvalue weighted by molar-refractivity contribution is 6.11. The molecule has 0 unspecified atom stereocenters. The van der Waals surface area contributed by atoms with Crippen molar-refractivity contribution < 1.29 is 24.1 Å². The van der Waals surface area contributed by atoms with Crippen molar-refractivity contribution in [2.24, 2.45) is 0 Å². The lowest BCUT2D eigenvalue weighted by Gasteiger charge is -2.09. The molecule has 0 saturated carbocycles. The monoisotopic (exact) mass is 312 g/mol. The molecule has 0 bridgehead atoms. The first kappa shape index (κ1) is 15.0. The van der Waals surface area contributed by atoms with Crippen molar-refractivity contribution in [3.05, 3.63) is 53.6 Å². The van der Waals surface area contributed by atoms with Crippen LogP contribution in [-0.4, -0.2) is 24.3 Å². The van der Waals surface area contributed by atoms with Crippen molar-refractivity contribution in [1.82, 2.24) is 0 Å². The summed E-state index contributed by atoms with van der Waals surface area (Å²) in [5.41, 5.74) is 0.952. The maximum atomic E-state index is 12.5. The highest BCUT2D eigenvalue weighted by atomic mass is 16.7. The minimum atomic E-state index is -0.551. The van der Waals surface area contributed by atoms with Crippen LogP contribution in [0.2, 0.25) is 0 Å². The minimum absolute atomic E-state index is 0.0670. The Kier molecular flexibility index (Phi) is 3.93. The van der Waals surface area contributed by atoms with Gasteiger partial charge < -0.3 is 19.3 Å². The van der Waals surface area contributed by atoms with Crippen LogP contribution >= 0.6 is 0 Å². The highest BCUT2D eigenvalue weighted by Crippen LogP contribution is 2.49. The topological polar surface area (TPSA) is 65.0 Å². The molecule has 2 aromatic carbocycles. The lowest BCUT2D eigenvalue weighted by Crippen LogP contribution is -2.12. The summed E-state index contributed by atoms with van der Waals surface area (Å²) < 4.78 is 16.2. The van der Waals surface area contributed by atoms with Gasteiger partial charge in [0.1, 0.15) is 11.3 Å². The summed E-state index contributed by atoms with van der Waals surface area (Å²) in [5.74, 6) is 0.278. The molecule has 1 N–H and O–H groups in total. The van der Waals surface area contributed by atoms with Gasteiger partial charge in [-0.3, -0.25) is 4.79 Å². The molecule has 23 heavy (non-hydrogen) atoms. The predicted octanol–water partition coefficient (Wildman–Crippen LogP) is 3.41. The third-order valence-corrected chi connectivity index (χ3v) is 3.44. The number of phenolic OH excluding ortho intramolecular Hbond substituents is 1. The summed E-state index contributed by atoms with van der Waals surface area (Å²) in [6, 6.07) is 10.8. The third-order valence-electron chi connectivity index (χ3n) is 3.44. The van der Waals surface area contributed by atoms with E-state index in [1.54, 1.807) is 13.0 Å². The van der Waals surface area contributed by atoms with Crippen molar-refractivity contribution in [2.75, 3.05) is 7.11 Å². The van der Waals surface area contributed by atoms with Crippen LogP contribution in [0.1, 0.15) is 22.8 Å². The van der Waals surface area contributed by atoms with E-state index in [2.05, 4.69) is 0 Å². The number of aromatic hydroxyl groups is 1. The average molecular weight is 312 g/mol. The van der Waals surface area contributed by atoms with E-state index in [0.717, 1.165) is 5.56 Å². The van der Waals surface area contributed by atoms with Gasteiger partial charge in [-0.1, -0.05) is 36.4 Å². The van der Waals surface area contributed by atoms with Gasteiger partial charge >= 0.3 is 0 Å². The number of carbonyl (C=O) groups excluding carboxylic acids is 1. The Bertz CT molecular complexity index is 765. The molecule has 0 spiro atoms. The predicted molar refractivity (Wildman–Crippen MR) is 85.2 cm³/mol. The molecule has 0 amide bonds. The van der Waals surface area contributed by atoms with Crippen molar-refractivity contribution >= 4 is 11.9 Å². The van der Waals surface area contributed by atoms with E-state index in [-0.39, 0.29) is 22.8 Å². The van der Waals surface area contributed by atoms with Gasteiger partial charge in [0.15, 0.2) is 17.3 Å². The Hall–Kier alpha value is -2.95. The number of rotatable bonds is 4. The number of hydrogen-bond donors (Lipinski definition) is 1. The van der Waals surface area contributed by atoms with Crippen LogP contribution in [-0.2, 0) is 0 Å². The van der Waals surface area contributed by atoms with Gasteiger partial charge in [0, 0.05) is 13.0 Å². The maximum absolute atomic E-state index is 12.5. The summed E-state index contributed by atoms with van der Waals surface area (Å²) in [6.45, 7) is 1.70. The van der Waals surface area contributed by atoms with Crippen LogP contribution < -0.4 is 14.2 Å². The molecule has 2 aromatic rings. The molecule has 0 fully saturated rings. The van der Waals surface area contributed by atoms with E-state index in [4.69, 9.17) is 14.2 Å². The van der Waals surface area contributed by atoms with E-state index < -0.39 is 6.29 Å². The molecule has 5 nitrogen and oxygen atoms in total. The molecule has 0 aliphatic carbocycles. The zero-order valence-electron chi connectivity index (χ0n) is 12.8. The van der Waals surface area contributed by atoms with Gasteiger partial charge in [0.05, 0.1) is 7.11 Å². The summed E-state index contributed by atoms with van der Waals surface area (Å²) >= 11 is 0. The van der Waals surface area contributed by atoms with E-state index in [0.29, 0.717) is 11.5 Å². The number of fused-ring (bicyclic) bond motifs is 1. The lowest BCUT2D eigenvalue weighted by molar-refractivity contribution is 0.0657. The molecule has 3 rings (SSSR count). The van der Waals surface area contributed by atoms with E-state index in [1.807, 2.05) is 30.3 Å². The van der Waals surface area contributed by atoms with Crippen LogP contribution in [0.3, 0.4) is 0 Å². The SMILES string of the molecule is COc1cc(O)c(C(=O)/C=C/c2ccccc2)c2c1O[C@@H](C)O2. The first-order valence-electron chi connectivity index (χ1n) is 7.15. The summed E-state index contributed by atoms with van der Waals surface area (Å²) in [5, 5.41) is 10.2. The van der Waals surface area contributed by atoms with E-state index in [1.165, 1.54) is 19.3 Å². The fourth-order valence-electron chi connectivity index (χ4n) is 2.39. The van der Waals surface area contributed by atoms with Gasteiger partial charge in [0.2, 0.25) is 12.0 Å². The Labute approximate surface area is 133 Å². The molecule has 0 aromatic heterocycles. The average Bonchev–Trinajstić information content (AvgIpc) is 2.93. The quantitative estimate of drug-likeness (QED) is 0.692. The third kappa shape index (κ3) is 2.85. The first-order valence-corrected chi connectivity index (χ1v) is 7.15. The fourth-order valence-corrected chi connectivity index (χ4v) is 2.39. The molecule has 1 heterocycles. The number of methoxy groups -OCH3 is 1. The number of ketones is 1. The van der Waals surface area contributed by atoms with Crippen LogP contribution in [0.5, 0.6) is 23.0 Å². The van der Waals surface area contributed by atoms with Crippen LogP contribution in [0.4, 0.5) is 0 Å². The zero-order chi connectivity index (χ0) is 16.4. The minimum Gasteiger partial charge on any atom is -0.507 e. The second-order valence-electron chi connectivity index (χ2n) is 5.04. The molecule has 118 valence electrons. The van der Waals surface area contributed by atoms with Gasteiger partial charge in [0.25, 0.3) is 0 Å². The summed E-state index contributed by atoms with van der Waals surface area (Å²) in [4.78, 5) is 12.5. The van der Waals surface area contributed by atoms with Gasteiger partial charge in [-0.25, -0.2) is 0 Å². The molecule has 1 aliphatic rings. The maximum Gasteiger partial charge on any atom is 0.239 e. The van der Waals surface area contributed by atoms with E-state index >= 15 is 0 Å². The molecule has 1 aliphatic heterocycles. The number of benzene rings is 2. The van der Waals surface area contributed by atoms with Crippen LogP contribution in [0, 0.1) is 0 Å². The molecular formula is C18H16O5. The smallest absolute Gasteiger partial charge is 0.239 e. The van der Waals surface area contributed by atoms with Crippen molar-refractivity contribution in [3.8, 4) is 23.0 Å². The molecule has 0 saturated heterocycles. The molecule has 1 atom stereocenters. The van der Waals surface area contributed by atoms with Crippen molar-refractivity contribution in [3.63, 3.8) is 0 Å². The summed E-state index contributed by atoms with van der Waals surface area (Å²) in [7, 11) is 1.46. The Balaban J connectivity index is 1.98. The summed E-state index contributed by atoms with van der Waals surface area (Å²) in [6.07, 6.45) is 2.52. The van der Waals surface area contributed by atoms with Gasteiger partial charge in [-0.05, 0) is 11.6 Å². The Morgan fingerprint density at radius 2 is 1.91 bits per heavy atom. The second-order valence-corrected chi connectivity index (χ2v) is 5.04. The first-order chi connectivity index (χ1) is 11.1. The van der Waals surface area contributed by atoms with Crippen molar-refractivity contribution in [1.29, 1.82) is 0 Å². The van der Waals surface area contributed by atoms with Crippen LogP contribution in [0.15, 0.2) is 42.5 Å². The van der Waals surface area contributed by atoms with E-state index in [9.17, 15) is 9.90 Å². The number of allylic oxidation sites excluding steroid dienone is 1. The second kappa shape index (κ2) is 6.04. The van der Waals surface area contributed by atoms with Crippen molar-refractivity contribution in [2.45, 2.75) is 13.2 Å². The number of ether oxygens (including phenoxy) is 3. The van der Waals surface area contributed by atoms with Gasteiger partial charge in [-0.15, -0.1) is 0 Å². The zero-order valence-corrected chi connectivity index (χ0v) is 12.8. The largest absolute Gasteiger partial charge is 0.507 e. The molecule has 0 radical (unpaired) electrons. The fraction of sp³-hybridized carbons (Fsp3) is 0.167.